The summed E-state index contributed by atoms with van der Waals surface area (Å²) in [7, 11) is 0. The summed E-state index contributed by atoms with van der Waals surface area (Å²) in [5.74, 6) is 0.771. The maximum absolute atomic E-state index is 12.9. The summed E-state index contributed by atoms with van der Waals surface area (Å²) in [4.78, 5) is 14.5. The van der Waals surface area contributed by atoms with E-state index in [1.165, 1.54) is 5.56 Å². The lowest BCUT2D eigenvalue weighted by Crippen LogP contribution is -3.12. The largest absolute Gasteiger partial charge is 0.486 e. The third kappa shape index (κ3) is 4.16. The third-order valence-corrected chi connectivity index (χ3v) is 5.66. The number of carbonyl (C=O) groups is 1. The number of benzene rings is 2. The molecule has 0 spiro atoms. The molecule has 4 heteroatoms. The highest BCUT2D eigenvalue weighted by molar-refractivity contribution is 5.97. The van der Waals surface area contributed by atoms with Gasteiger partial charge >= 0.3 is 0 Å². The summed E-state index contributed by atoms with van der Waals surface area (Å²) >= 11 is 0. The van der Waals surface area contributed by atoms with Crippen LogP contribution in [0.5, 0.6) is 5.75 Å². The highest BCUT2D eigenvalue weighted by Crippen LogP contribution is 2.37. The van der Waals surface area contributed by atoms with E-state index in [-0.39, 0.29) is 17.6 Å². The van der Waals surface area contributed by atoms with Gasteiger partial charge in [0.15, 0.2) is 0 Å². The van der Waals surface area contributed by atoms with E-state index in [1.807, 2.05) is 12.1 Å². The van der Waals surface area contributed by atoms with Crippen molar-refractivity contribution in [1.29, 1.82) is 0 Å². The molecule has 0 bridgehead atoms. The van der Waals surface area contributed by atoms with E-state index >= 15 is 0 Å². The zero-order valence-electron chi connectivity index (χ0n) is 16.3. The van der Waals surface area contributed by atoms with Crippen LogP contribution >= 0.6 is 0 Å². The Bertz CT molecular complexity index is 808. The van der Waals surface area contributed by atoms with Crippen LogP contribution in [0.4, 0.5) is 0 Å². The second-order valence-electron chi connectivity index (χ2n) is 8.49. The zero-order chi connectivity index (χ0) is 18.9. The average Bonchev–Trinajstić information content (AvgIpc) is 2.98. The number of amides is 1. The van der Waals surface area contributed by atoms with Crippen molar-refractivity contribution in [3.63, 3.8) is 0 Å². The normalized spacial score (nSPS) is 23.3. The van der Waals surface area contributed by atoms with Crippen molar-refractivity contribution >= 4 is 5.91 Å². The van der Waals surface area contributed by atoms with Gasteiger partial charge in [-0.1, -0.05) is 42.5 Å². The molecule has 0 unspecified atom stereocenters. The molecule has 2 aromatic rings. The highest BCUT2D eigenvalue weighted by Gasteiger charge is 2.33. The first-order chi connectivity index (χ1) is 13.0. The summed E-state index contributed by atoms with van der Waals surface area (Å²) in [6.07, 6.45) is 2.90. The van der Waals surface area contributed by atoms with Gasteiger partial charge in [-0.15, -0.1) is 0 Å². The van der Waals surface area contributed by atoms with Gasteiger partial charge in [-0.25, -0.2) is 0 Å². The Labute approximate surface area is 161 Å². The van der Waals surface area contributed by atoms with E-state index in [4.69, 9.17) is 4.74 Å². The van der Waals surface area contributed by atoms with Crippen LogP contribution < -0.4 is 15.0 Å². The Hall–Kier alpha value is -2.33. The predicted octanol–water partition coefficient (Wildman–Crippen LogP) is 2.38. The van der Waals surface area contributed by atoms with Gasteiger partial charge in [-0.3, -0.25) is 4.79 Å². The van der Waals surface area contributed by atoms with Crippen LogP contribution in [0.3, 0.4) is 0 Å². The van der Waals surface area contributed by atoms with E-state index in [9.17, 15) is 4.79 Å². The molecule has 142 valence electrons. The molecule has 1 fully saturated rings. The summed E-state index contributed by atoms with van der Waals surface area (Å²) < 4.78 is 6.05. The molecule has 27 heavy (non-hydrogen) atoms. The van der Waals surface area contributed by atoms with Crippen LogP contribution in [0.25, 0.3) is 0 Å². The monoisotopic (exact) mass is 365 g/mol. The summed E-state index contributed by atoms with van der Waals surface area (Å²) in [6, 6.07) is 16.8. The third-order valence-electron chi connectivity index (χ3n) is 5.66. The topological polar surface area (TPSA) is 42.8 Å². The average molecular weight is 365 g/mol. The molecule has 2 N–H and O–H groups in total. The van der Waals surface area contributed by atoms with Crippen LogP contribution in [-0.4, -0.2) is 30.6 Å². The van der Waals surface area contributed by atoms with Crippen LogP contribution in [0.15, 0.2) is 48.5 Å². The number of ether oxygens (including phenoxy) is 1. The highest BCUT2D eigenvalue weighted by atomic mass is 16.5. The van der Waals surface area contributed by atoms with E-state index in [0.29, 0.717) is 5.56 Å². The van der Waals surface area contributed by atoms with Gasteiger partial charge in [0.1, 0.15) is 17.9 Å². The van der Waals surface area contributed by atoms with Crippen molar-refractivity contribution in [2.45, 2.75) is 51.3 Å². The minimum Gasteiger partial charge on any atom is -0.486 e. The number of nitrogens with one attached hydrogen (secondary N) is 2. The first-order valence-corrected chi connectivity index (χ1v) is 9.99. The molecule has 4 nitrogen and oxygen atoms in total. The number of hydrogen-bond acceptors (Lipinski definition) is 2. The van der Waals surface area contributed by atoms with Gasteiger partial charge in [0.2, 0.25) is 0 Å². The Morgan fingerprint density at radius 2 is 1.85 bits per heavy atom. The fourth-order valence-electron chi connectivity index (χ4n) is 4.29. The second kappa shape index (κ2) is 7.35. The molecule has 2 heterocycles. The van der Waals surface area contributed by atoms with Crippen molar-refractivity contribution < 1.29 is 14.4 Å². The van der Waals surface area contributed by atoms with Gasteiger partial charge in [0.05, 0.1) is 18.7 Å². The molecule has 0 saturated carbocycles. The molecule has 1 saturated heterocycles. The molecule has 1 amide bonds. The van der Waals surface area contributed by atoms with Gasteiger partial charge < -0.3 is 15.0 Å². The van der Waals surface area contributed by atoms with Crippen molar-refractivity contribution in [2.24, 2.45) is 0 Å². The first-order valence-electron chi connectivity index (χ1n) is 9.99. The Morgan fingerprint density at radius 3 is 2.59 bits per heavy atom. The van der Waals surface area contributed by atoms with Crippen LogP contribution in [0.2, 0.25) is 0 Å². The van der Waals surface area contributed by atoms with E-state index in [1.54, 1.807) is 4.90 Å². The molecule has 4 rings (SSSR count). The van der Waals surface area contributed by atoms with Gasteiger partial charge in [-0.05, 0) is 25.5 Å². The van der Waals surface area contributed by atoms with Crippen LogP contribution in [0.1, 0.15) is 48.2 Å². The molecule has 0 radical (unpaired) electrons. The van der Waals surface area contributed by atoms with Gasteiger partial charge in [0, 0.05) is 30.9 Å². The van der Waals surface area contributed by atoms with E-state index in [0.717, 1.165) is 50.2 Å². The smallest absolute Gasteiger partial charge is 0.255 e. The molecule has 0 aromatic heterocycles. The molecule has 0 aliphatic carbocycles. The molecule has 2 aliphatic heterocycles. The van der Waals surface area contributed by atoms with Crippen molar-refractivity contribution in [1.82, 2.24) is 5.32 Å². The summed E-state index contributed by atoms with van der Waals surface area (Å²) in [5.41, 5.74) is 2.96. The number of carbonyl (C=O) groups excluding carboxylic acids is 1. The maximum Gasteiger partial charge on any atom is 0.255 e. The quantitative estimate of drug-likeness (QED) is 0.874. The molecular formula is C23H29N2O2+. The summed E-state index contributed by atoms with van der Waals surface area (Å²) in [6.45, 7) is 7.39. The number of para-hydroxylation sites is 1. The SMILES string of the molecule is CC1(C)Cc2cccc(C(=O)NC3CC[NH+](Cc4ccccc4)CC3)c2O1. The zero-order valence-corrected chi connectivity index (χ0v) is 16.3. The Morgan fingerprint density at radius 1 is 1.11 bits per heavy atom. The lowest BCUT2D eigenvalue weighted by Gasteiger charge is -2.30. The molecule has 2 aliphatic rings. The molecule has 2 aromatic carbocycles. The summed E-state index contributed by atoms with van der Waals surface area (Å²) in [5, 5.41) is 3.24. The standard InChI is InChI=1S/C23H28N2O2/c1-23(2)15-18-9-6-10-20(21(18)27-23)22(26)24-19-11-13-25(14-12-19)16-17-7-4-3-5-8-17/h3-10,19H,11-16H2,1-2H3,(H,24,26)/p+1. The van der Waals surface area contributed by atoms with Crippen molar-refractivity contribution in [2.75, 3.05) is 13.1 Å². The molecular weight excluding hydrogens is 336 g/mol. The maximum atomic E-state index is 12.9. The fraction of sp³-hybridized carbons (Fsp3) is 0.435. The van der Waals surface area contributed by atoms with Gasteiger partial charge in [0.25, 0.3) is 5.91 Å². The lowest BCUT2D eigenvalue weighted by molar-refractivity contribution is -0.918. The van der Waals surface area contributed by atoms with Crippen molar-refractivity contribution in [3.8, 4) is 5.75 Å². The minimum absolute atomic E-state index is 0.000981. The number of quaternary nitrogens is 1. The fourth-order valence-corrected chi connectivity index (χ4v) is 4.29. The second-order valence-corrected chi connectivity index (χ2v) is 8.49. The van der Waals surface area contributed by atoms with Crippen molar-refractivity contribution in [3.05, 3.63) is 65.2 Å². The number of piperidine rings is 1. The minimum atomic E-state index is -0.231. The predicted molar refractivity (Wildman–Crippen MR) is 106 cm³/mol. The number of rotatable bonds is 4. The van der Waals surface area contributed by atoms with E-state index in [2.05, 4.69) is 55.6 Å². The van der Waals surface area contributed by atoms with Crippen LogP contribution in [-0.2, 0) is 13.0 Å². The van der Waals surface area contributed by atoms with Crippen LogP contribution in [0, 0.1) is 0 Å². The Balaban J connectivity index is 1.34. The Kier molecular flexibility index (Phi) is 4.92. The number of likely N-dealkylation sites (tertiary alicyclic amines) is 1. The lowest BCUT2D eigenvalue weighted by atomic mass is 10.00. The van der Waals surface area contributed by atoms with Gasteiger partial charge in [-0.2, -0.15) is 0 Å². The number of fused-ring (bicyclic) bond motifs is 1. The van der Waals surface area contributed by atoms with E-state index < -0.39 is 0 Å². The first kappa shape index (κ1) is 18.1. The molecule has 0 atom stereocenters. The number of hydrogen-bond donors (Lipinski definition) is 2.